The molecule has 0 aromatic carbocycles. The summed E-state index contributed by atoms with van der Waals surface area (Å²) in [6.07, 6.45) is 40.5. The standard InChI is InChI=1S/C69H134O17P2/c1-9-62(8)48-40-32-26-28-34-42-50-67(72)80-56-65(86-69(74)52-44-36-27-25-31-39-47-61(6)7)58-84-88(77,78)82-54-63(70)53-81-87(75,76)83-57-64(55-79-66(71)49-41-33-23-19-16-15-18-22-30-38-46-60(4)5)85-68(73)51-43-35-24-20-14-12-10-11-13-17-21-29-37-45-59(2)3/h59-65,70H,9-58H2,1-8H3,(H,75,76)(H,77,78)/t62?,63-,64-,65-/m1/s1. The lowest BCUT2D eigenvalue weighted by atomic mass is 10.00. The molecular formula is C69H134O17P2. The number of carbonyl (C=O) groups excluding carboxylic acids is 4. The lowest BCUT2D eigenvalue weighted by molar-refractivity contribution is -0.161. The molecule has 19 heteroatoms. The summed E-state index contributed by atoms with van der Waals surface area (Å²) in [5.41, 5.74) is 0. The average molecular weight is 1300 g/mol. The molecule has 0 aromatic heterocycles. The second-order valence-electron chi connectivity index (χ2n) is 26.6. The van der Waals surface area contributed by atoms with Gasteiger partial charge >= 0.3 is 39.5 Å². The zero-order valence-corrected chi connectivity index (χ0v) is 59.1. The van der Waals surface area contributed by atoms with Gasteiger partial charge in [0, 0.05) is 25.7 Å². The highest BCUT2D eigenvalue weighted by Crippen LogP contribution is 2.45. The van der Waals surface area contributed by atoms with Crippen LogP contribution >= 0.6 is 15.6 Å². The van der Waals surface area contributed by atoms with Crippen molar-refractivity contribution in [3.63, 3.8) is 0 Å². The van der Waals surface area contributed by atoms with Crippen molar-refractivity contribution < 1.29 is 80.2 Å². The first kappa shape index (κ1) is 86.1. The summed E-state index contributed by atoms with van der Waals surface area (Å²) in [7, 11) is -9.90. The molecule has 522 valence electrons. The molecule has 3 N–H and O–H groups in total. The Hall–Kier alpha value is -1.94. The van der Waals surface area contributed by atoms with Crippen molar-refractivity contribution >= 4 is 39.5 Å². The average Bonchev–Trinajstić information content (AvgIpc) is 3.69. The number of hydrogen-bond acceptors (Lipinski definition) is 15. The Kier molecular flexibility index (Phi) is 57.6. The third-order valence-electron chi connectivity index (χ3n) is 16.2. The van der Waals surface area contributed by atoms with Gasteiger partial charge in [0.1, 0.15) is 19.3 Å². The number of aliphatic hydroxyl groups excluding tert-OH is 1. The lowest BCUT2D eigenvalue weighted by Gasteiger charge is -2.21. The van der Waals surface area contributed by atoms with Crippen LogP contribution in [0.3, 0.4) is 0 Å². The topological polar surface area (TPSA) is 237 Å². The van der Waals surface area contributed by atoms with Crippen molar-refractivity contribution in [2.24, 2.45) is 23.7 Å². The van der Waals surface area contributed by atoms with Crippen molar-refractivity contribution in [2.45, 2.75) is 356 Å². The van der Waals surface area contributed by atoms with Crippen LogP contribution in [0.2, 0.25) is 0 Å². The minimum absolute atomic E-state index is 0.101. The number of rotatable bonds is 66. The van der Waals surface area contributed by atoms with Crippen molar-refractivity contribution in [2.75, 3.05) is 39.6 Å². The van der Waals surface area contributed by atoms with Crippen LogP contribution in [-0.2, 0) is 65.4 Å². The van der Waals surface area contributed by atoms with E-state index in [4.69, 9.17) is 37.0 Å². The van der Waals surface area contributed by atoms with Crippen LogP contribution in [0.5, 0.6) is 0 Å². The van der Waals surface area contributed by atoms with Crippen LogP contribution < -0.4 is 0 Å². The fourth-order valence-corrected chi connectivity index (χ4v) is 11.9. The number of carbonyl (C=O) groups is 4. The van der Waals surface area contributed by atoms with Crippen molar-refractivity contribution in [3.05, 3.63) is 0 Å². The number of ether oxygens (including phenoxy) is 4. The number of phosphoric acid groups is 2. The second kappa shape index (κ2) is 58.8. The number of unbranched alkanes of at least 4 members (excludes halogenated alkanes) is 31. The Morgan fingerprint density at radius 3 is 0.807 bits per heavy atom. The van der Waals surface area contributed by atoms with E-state index in [2.05, 4.69) is 55.4 Å². The first-order valence-corrected chi connectivity index (χ1v) is 38.7. The smallest absolute Gasteiger partial charge is 0.462 e. The SMILES string of the molecule is CCC(C)CCCCCCCCC(=O)OC[C@H](COP(=O)(O)OC[C@H](O)COP(=O)(O)OC[C@@H](COC(=O)CCCCCCCCCCCCC(C)C)OC(=O)CCCCCCCCCCCCCCCC(C)C)OC(=O)CCCCCCCCC(C)C. The number of aliphatic hydroxyl groups is 1. The zero-order valence-electron chi connectivity index (χ0n) is 57.3. The molecule has 0 aliphatic heterocycles. The van der Waals surface area contributed by atoms with Gasteiger partial charge in [0.05, 0.1) is 26.4 Å². The van der Waals surface area contributed by atoms with Gasteiger partial charge in [-0.1, -0.05) is 287 Å². The van der Waals surface area contributed by atoms with Gasteiger partial charge in [-0.25, -0.2) is 9.13 Å². The molecule has 0 amide bonds. The van der Waals surface area contributed by atoms with Crippen LogP contribution in [0, 0.1) is 23.7 Å². The molecule has 0 saturated carbocycles. The number of hydrogen-bond donors (Lipinski definition) is 3. The predicted octanol–water partition coefficient (Wildman–Crippen LogP) is 19.3. The Balaban J connectivity index is 5.24. The summed E-state index contributed by atoms with van der Waals surface area (Å²) in [5.74, 6) is 0.810. The van der Waals surface area contributed by atoms with Gasteiger partial charge in [-0.3, -0.25) is 37.3 Å². The summed E-state index contributed by atoms with van der Waals surface area (Å²) in [5, 5.41) is 10.6. The van der Waals surface area contributed by atoms with Crippen molar-refractivity contribution in [3.8, 4) is 0 Å². The van der Waals surface area contributed by atoms with Gasteiger partial charge in [0.25, 0.3) is 0 Å². The summed E-state index contributed by atoms with van der Waals surface area (Å²) in [6, 6.07) is 0. The monoisotopic (exact) mass is 1300 g/mol. The second-order valence-corrected chi connectivity index (χ2v) is 29.5. The summed E-state index contributed by atoms with van der Waals surface area (Å²) >= 11 is 0. The third-order valence-corrected chi connectivity index (χ3v) is 18.1. The van der Waals surface area contributed by atoms with Crippen molar-refractivity contribution in [1.29, 1.82) is 0 Å². The highest BCUT2D eigenvalue weighted by atomic mass is 31.2. The Morgan fingerprint density at radius 2 is 0.545 bits per heavy atom. The molecule has 0 spiro atoms. The molecule has 3 unspecified atom stereocenters. The highest BCUT2D eigenvalue weighted by molar-refractivity contribution is 7.47. The first-order valence-electron chi connectivity index (χ1n) is 35.7. The maximum Gasteiger partial charge on any atom is 0.472 e. The predicted molar refractivity (Wildman–Crippen MR) is 354 cm³/mol. The van der Waals surface area contributed by atoms with E-state index >= 15 is 0 Å². The molecule has 0 fully saturated rings. The maximum atomic E-state index is 13.0. The fraction of sp³-hybridized carbons (Fsp3) is 0.942. The van der Waals surface area contributed by atoms with Gasteiger partial charge in [0.2, 0.25) is 0 Å². The lowest BCUT2D eigenvalue weighted by Crippen LogP contribution is -2.30. The van der Waals surface area contributed by atoms with E-state index in [0.717, 1.165) is 114 Å². The summed E-state index contributed by atoms with van der Waals surface area (Å²) in [4.78, 5) is 72.4. The highest BCUT2D eigenvalue weighted by Gasteiger charge is 2.30. The van der Waals surface area contributed by atoms with Gasteiger partial charge in [0.15, 0.2) is 12.2 Å². The third kappa shape index (κ3) is 61.6. The van der Waals surface area contributed by atoms with E-state index in [1.165, 1.54) is 135 Å². The molecule has 6 atom stereocenters. The van der Waals surface area contributed by atoms with E-state index in [1.54, 1.807) is 0 Å². The first-order chi connectivity index (χ1) is 42.1. The largest absolute Gasteiger partial charge is 0.472 e. The van der Waals surface area contributed by atoms with E-state index < -0.39 is 97.5 Å². The van der Waals surface area contributed by atoms with E-state index in [9.17, 15) is 43.2 Å². The minimum atomic E-state index is -4.95. The van der Waals surface area contributed by atoms with Crippen LogP contribution in [0.4, 0.5) is 0 Å². The van der Waals surface area contributed by atoms with Crippen molar-refractivity contribution in [1.82, 2.24) is 0 Å². The van der Waals surface area contributed by atoms with Crippen LogP contribution in [0.25, 0.3) is 0 Å². The minimum Gasteiger partial charge on any atom is -0.462 e. The van der Waals surface area contributed by atoms with E-state index in [-0.39, 0.29) is 25.7 Å². The fourth-order valence-electron chi connectivity index (χ4n) is 10.3. The number of phosphoric ester groups is 2. The van der Waals surface area contributed by atoms with Crippen LogP contribution in [0.1, 0.15) is 338 Å². The van der Waals surface area contributed by atoms with E-state index in [1.807, 2.05) is 0 Å². The van der Waals surface area contributed by atoms with Gasteiger partial charge in [-0.05, 0) is 49.4 Å². The number of esters is 4. The Labute approximate surface area is 537 Å². The molecule has 0 rings (SSSR count). The Bertz CT molecular complexity index is 1750. The molecule has 0 saturated heterocycles. The van der Waals surface area contributed by atoms with Crippen LogP contribution in [-0.4, -0.2) is 96.7 Å². The van der Waals surface area contributed by atoms with Gasteiger partial charge in [-0.2, -0.15) is 0 Å². The molecule has 88 heavy (non-hydrogen) atoms. The quantitative estimate of drug-likeness (QED) is 0.0222. The molecule has 0 aromatic rings. The molecule has 0 aliphatic carbocycles. The Morgan fingerprint density at radius 1 is 0.318 bits per heavy atom. The molecule has 0 heterocycles. The summed E-state index contributed by atoms with van der Waals surface area (Å²) in [6.45, 7) is 14.0. The van der Waals surface area contributed by atoms with E-state index in [0.29, 0.717) is 31.6 Å². The van der Waals surface area contributed by atoms with Gasteiger partial charge in [-0.15, -0.1) is 0 Å². The maximum absolute atomic E-state index is 13.0. The molecule has 0 aliphatic rings. The van der Waals surface area contributed by atoms with Crippen LogP contribution in [0.15, 0.2) is 0 Å². The summed E-state index contributed by atoms with van der Waals surface area (Å²) < 4.78 is 68.2. The molecule has 17 nitrogen and oxygen atoms in total. The molecule has 0 bridgehead atoms. The molecule has 0 radical (unpaired) electrons. The van der Waals surface area contributed by atoms with Gasteiger partial charge < -0.3 is 33.8 Å². The normalized spacial score (nSPS) is 14.6. The zero-order chi connectivity index (χ0) is 65.4. The molecular weight excluding hydrogens is 1160 g/mol.